The smallest absolute Gasteiger partial charge is 0.338 e. The number of aromatic nitrogens is 3. The number of hydrogen-bond donors (Lipinski definition) is 2. The first kappa shape index (κ1) is 26.0. The maximum absolute atomic E-state index is 12.5. The summed E-state index contributed by atoms with van der Waals surface area (Å²) in [4.78, 5) is 36.8. The fourth-order valence-corrected chi connectivity index (χ4v) is 3.85. The third-order valence-electron chi connectivity index (χ3n) is 4.68. The molecule has 10 nitrogen and oxygen atoms in total. The summed E-state index contributed by atoms with van der Waals surface area (Å²) in [7, 11) is 3.27. The molecule has 0 atom stereocenters. The first-order valence-electron chi connectivity index (χ1n) is 10.5. The van der Waals surface area contributed by atoms with Crippen LogP contribution < -0.4 is 15.4 Å². The maximum Gasteiger partial charge on any atom is 0.338 e. The Labute approximate surface area is 211 Å². The van der Waals surface area contributed by atoms with Crippen LogP contribution >= 0.6 is 23.4 Å². The van der Waals surface area contributed by atoms with E-state index in [0.29, 0.717) is 33.1 Å². The van der Waals surface area contributed by atoms with Gasteiger partial charge in [-0.3, -0.25) is 9.59 Å². The second-order valence-electron chi connectivity index (χ2n) is 7.17. The Morgan fingerprint density at radius 1 is 1.09 bits per heavy atom. The van der Waals surface area contributed by atoms with Gasteiger partial charge in [-0.2, -0.15) is 0 Å². The number of anilines is 2. The van der Waals surface area contributed by atoms with Crippen LogP contribution in [0.3, 0.4) is 0 Å². The van der Waals surface area contributed by atoms with Gasteiger partial charge in [0.25, 0.3) is 0 Å². The van der Waals surface area contributed by atoms with Gasteiger partial charge in [-0.05, 0) is 37.3 Å². The summed E-state index contributed by atoms with van der Waals surface area (Å²) >= 11 is 7.30. The third-order valence-corrected chi connectivity index (χ3v) is 6.03. The Hall–Kier alpha value is -3.57. The van der Waals surface area contributed by atoms with E-state index in [1.807, 2.05) is 0 Å². The van der Waals surface area contributed by atoms with Crippen molar-refractivity contribution < 1.29 is 23.9 Å². The number of ether oxygens (including phenoxy) is 2. The van der Waals surface area contributed by atoms with Gasteiger partial charge in [-0.1, -0.05) is 29.4 Å². The lowest BCUT2D eigenvalue weighted by Gasteiger charge is -2.09. The zero-order valence-corrected chi connectivity index (χ0v) is 20.9. The molecule has 0 spiro atoms. The van der Waals surface area contributed by atoms with E-state index in [1.54, 1.807) is 49.9 Å². The minimum atomic E-state index is -0.504. The highest BCUT2D eigenvalue weighted by molar-refractivity contribution is 7.99. The Balaban J connectivity index is 1.56. The molecule has 0 aliphatic heterocycles. The molecule has 0 bridgehead atoms. The molecule has 35 heavy (non-hydrogen) atoms. The quantitative estimate of drug-likeness (QED) is 0.309. The minimum Gasteiger partial charge on any atom is -0.497 e. The topological polar surface area (TPSA) is 124 Å². The summed E-state index contributed by atoms with van der Waals surface area (Å²) in [5.74, 6) is -0.0265. The highest BCUT2D eigenvalue weighted by Gasteiger charge is 2.16. The van der Waals surface area contributed by atoms with E-state index >= 15 is 0 Å². The monoisotopic (exact) mass is 517 g/mol. The van der Waals surface area contributed by atoms with Crippen molar-refractivity contribution in [1.29, 1.82) is 0 Å². The van der Waals surface area contributed by atoms with Crippen LogP contribution in [0.2, 0.25) is 5.02 Å². The zero-order chi connectivity index (χ0) is 25.4. The fourth-order valence-electron chi connectivity index (χ4n) is 2.95. The average molecular weight is 518 g/mol. The molecule has 0 aliphatic rings. The zero-order valence-electron chi connectivity index (χ0n) is 19.3. The second-order valence-corrected chi connectivity index (χ2v) is 8.52. The Kier molecular flexibility index (Phi) is 9.10. The number of benzene rings is 2. The van der Waals surface area contributed by atoms with E-state index < -0.39 is 5.97 Å². The lowest BCUT2D eigenvalue weighted by atomic mass is 10.2. The van der Waals surface area contributed by atoms with Gasteiger partial charge in [0.1, 0.15) is 11.6 Å². The largest absolute Gasteiger partial charge is 0.497 e. The number of nitrogens with zero attached hydrogens (tertiary/aromatic N) is 3. The van der Waals surface area contributed by atoms with E-state index in [4.69, 9.17) is 21.1 Å². The lowest BCUT2D eigenvalue weighted by Crippen LogP contribution is -2.17. The molecule has 12 heteroatoms. The fraction of sp³-hybridized carbons (Fsp3) is 0.261. The Bertz CT molecular complexity index is 1230. The van der Waals surface area contributed by atoms with Crippen LogP contribution in [-0.2, 0) is 27.8 Å². The van der Waals surface area contributed by atoms with Gasteiger partial charge in [0.2, 0.25) is 11.8 Å². The molecule has 3 aromatic rings. The van der Waals surface area contributed by atoms with Crippen LogP contribution in [0.25, 0.3) is 0 Å². The van der Waals surface area contributed by atoms with Gasteiger partial charge >= 0.3 is 5.97 Å². The normalized spacial score (nSPS) is 10.5. The molecule has 0 unspecified atom stereocenters. The predicted molar refractivity (Wildman–Crippen MR) is 133 cm³/mol. The first-order chi connectivity index (χ1) is 16.8. The molecule has 1 aromatic heterocycles. The summed E-state index contributed by atoms with van der Waals surface area (Å²) < 4.78 is 11.8. The van der Waals surface area contributed by atoms with Crippen molar-refractivity contribution in [2.45, 2.75) is 18.5 Å². The molecule has 2 amide bonds. The summed E-state index contributed by atoms with van der Waals surface area (Å²) in [6.07, 6.45) is 0.00370. The number of amides is 2. The number of carbonyl (C=O) groups is 3. The highest BCUT2D eigenvalue weighted by atomic mass is 35.5. The van der Waals surface area contributed by atoms with Crippen molar-refractivity contribution in [3.8, 4) is 5.75 Å². The number of carbonyl (C=O) groups excluding carboxylic acids is 3. The predicted octanol–water partition coefficient (Wildman–Crippen LogP) is 3.57. The number of esters is 1. The van der Waals surface area contributed by atoms with E-state index in [2.05, 4.69) is 20.8 Å². The molecule has 0 saturated carbocycles. The van der Waals surface area contributed by atoms with E-state index in [0.717, 1.165) is 11.8 Å². The van der Waals surface area contributed by atoms with Crippen molar-refractivity contribution in [2.24, 2.45) is 7.05 Å². The molecule has 2 aromatic carbocycles. The van der Waals surface area contributed by atoms with Crippen LogP contribution in [0.4, 0.5) is 11.4 Å². The summed E-state index contributed by atoms with van der Waals surface area (Å²) in [5, 5.41) is 14.4. The lowest BCUT2D eigenvalue weighted by molar-refractivity contribution is -0.116. The van der Waals surface area contributed by atoms with E-state index in [9.17, 15) is 14.4 Å². The van der Waals surface area contributed by atoms with Crippen molar-refractivity contribution >= 4 is 52.5 Å². The number of halogens is 1. The minimum absolute atomic E-state index is 0.00370. The molecule has 184 valence electrons. The van der Waals surface area contributed by atoms with Gasteiger partial charge in [0.05, 0.1) is 42.2 Å². The number of hydrogen-bond acceptors (Lipinski definition) is 8. The van der Waals surface area contributed by atoms with Crippen LogP contribution in [-0.4, -0.2) is 52.0 Å². The molecule has 1 heterocycles. The van der Waals surface area contributed by atoms with Crippen LogP contribution in [0.1, 0.15) is 23.1 Å². The molecule has 3 rings (SSSR count). The molecule has 0 radical (unpaired) electrons. The van der Waals surface area contributed by atoms with Crippen LogP contribution in [0.15, 0.2) is 47.6 Å². The standard InChI is InChI=1S/C23H24ClN5O5S/c1-4-34-22(32)14-8-9-17(24)18(10-14)26-21(31)13-35-23-28-27-19(29(23)2)12-20(30)25-15-6-5-7-16(11-15)33-3/h5-11H,4,12-13H2,1-3H3,(H,25,30)(H,26,31). The number of nitrogens with one attached hydrogen (secondary N) is 2. The summed E-state index contributed by atoms with van der Waals surface area (Å²) in [6, 6.07) is 11.5. The Morgan fingerprint density at radius 3 is 2.63 bits per heavy atom. The molecule has 0 aliphatic carbocycles. The van der Waals surface area contributed by atoms with Crippen LogP contribution in [0, 0.1) is 0 Å². The summed E-state index contributed by atoms with van der Waals surface area (Å²) in [6.45, 7) is 1.95. The van der Waals surface area contributed by atoms with Gasteiger partial charge in [-0.15, -0.1) is 10.2 Å². The second kappa shape index (κ2) is 12.2. The third kappa shape index (κ3) is 7.20. The SMILES string of the molecule is CCOC(=O)c1ccc(Cl)c(NC(=O)CSc2nnc(CC(=O)Nc3cccc(OC)c3)n2C)c1. The van der Waals surface area contributed by atoms with Gasteiger partial charge in [0, 0.05) is 18.8 Å². The highest BCUT2D eigenvalue weighted by Crippen LogP contribution is 2.24. The number of methoxy groups -OCH3 is 1. The molecular formula is C23H24ClN5O5S. The number of thioether (sulfide) groups is 1. The average Bonchev–Trinajstić information content (AvgIpc) is 3.18. The Morgan fingerprint density at radius 2 is 1.89 bits per heavy atom. The first-order valence-corrected chi connectivity index (χ1v) is 11.9. The molecule has 0 fully saturated rings. The molecular weight excluding hydrogens is 494 g/mol. The van der Waals surface area contributed by atoms with Crippen molar-refractivity contribution in [1.82, 2.24) is 14.8 Å². The number of rotatable bonds is 10. The maximum atomic E-state index is 12.5. The van der Waals surface area contributed by atoms with Gasteiger partial charge in [-0.25, -0.2) is 4.79 Å². The van der Waals surface area contributed by atoms with Crippen molar-refractivity contribution in [3.63, 3.8) is 0 Å². The van der Waals surface area contributed by atoms with Crippen LogP contribution in [0.5, 0.6) is 5.75 Å². The van der Waals surface area contributed by atoms with Crippen molar-refractivity contribution in [2.75, 3.05) is 30.1 Å². The van der Waals surface area contributed by atoms with Gasteiger partial charge < -0.3 is 24.7 Å². The van der Waals surface area contributed by atoms with E-state index in [-0.39, 0.29) is 36.2 Å². The van der Waals surface area contributed by atoms with Gasteiger partial charge in [0.15, 0.2) is 5.16 Å². The van der Waals surface area contributed by atoms with E-state index in [1.165, 1.54) is 18.2 Å². The molecule has 0 saturated heterocycles. The summed E-state index contributed by atoms with van der Waals surface area (Å²) in [5.41, 5.74) is 1.19. The van der Waals surface area contributed by atoms with Crippen molar-refractivity contribution in [3.05, 3.63) is 58.9 Å². The molecule has 2 N–H and O–H groups in total.